The van der Waals surface area contributed by atoms with Gasteiger partial charge in [-0.05, 0) is 44.2 Å². The number of hydrogen-bond acceptors (Lipinski definition) is 5. The highest BCUT2D eigenvalue weighted by molar-refractivity contribution is 5.93. The second-order valence-corrected chi connectivity index (χ2v) is 7.59. The second-order valence-electron chi connectivity index (χ2n) is 7.59. The summed E-state index contributed by atoms with van der Waals surface area (Å²) in [5.41, 5.74) is 3.20. The quantitative estimate of drug-likeness (QED) is 0.596. The topological polar surface area (TPSA) is 67.7 Å². The first-order valence-corrected chi connectivity index (χ1v) is 10.4. The maximum Gasteiger partial charge on any atom is 0.340 e. The lowest BCUT2D eigenvalue weighted by molar-refractivity contribution is -0.134. The lowest BCUT2D eigenvalue weighted by Crippen LogP contribution is -2.50. The van der Waals surface area contributed by atoms with Crippen LogP contribution in [0.5, 0.6) is 0 Å². The molecule has 1 aromatic carbocycles. The van der Waals surface area contributed by atoms with Crippen molar-refractivity contribution in [2.24, 2.45) is 0 Å². The van der Waals surface area contributed by atoms with Gasteiger partial charge in [-0.25, -0.2) is 9.78 Å². The van der Waals surface area contributed by atoms with Crippen molar-refractivity contribution in [3.8, 4) is 5.69 Å². The Hall–Kier alpha value is -3.61. The summed E-state index contributed by atoms with van der Waals surface area (Å²) in [4.78, 5) is 33.5. The highest BCUT2D eigenvalue weighted by Crippen LogP contribution is 2.21. The van der Waals surface area contributed by atoms with Gasteiger partial charge in [0, 0.05) is 49.5 Å². The van der Waals surface area contributed by atoms with Gasteiger partial charge in [-0.1, -0.05) is 24.3 Å². The van der Waals surface area contributed by atoms with Crippen LogP contribution >= 0.6 is 0 Å². The van der Waals surface area contributed by atoms with E-state index in [1.54, 1.807) is 17.2 Å². The molecule has 4 rings (SSSR count). The molecule has 0 unspecified atom stereocenters. The molecule has 31 heavy (non-hydrogen) atoms. The third kappa shape index (κ3) is 4.45. The second kappa shape index (κ2) is 9.04. The molecule has 1 saturated heterocycles. The zero-order valence-electron chi connectivity index (χ0n) is 17.8. The van der Waals surface area contributed by atoms with E-state index in [9.17, 15) is 9.59 Å². The van der Waals surface area contributed by atoms with E-state index >= 15 is 0 Å². The molecule has 1 fully saturated rings. The number of ether oxygens (including phenoxy) is 1. The minimum atomic E-state index is -0.476. The number of benzene rings is 1. The number of anilines is 1. The first kappa shape index (κ1) is 20.7. The van der Waals surface area contributed by atoms with Gasteiger partial charge in [0.25, 0.3) is 5.91 Å². The average molecular weight is 418 g/mol. The normalized spacial score (nSPS) is 13.9. The third-order valence-corrected chi connectivity index (χ3v) is 5.60. The van der Waals surface area contributed by atoms with Gasteiger partial charge in [-0.15, -0.1) is 0 Å². The van der Waals surface area contributed by atoms with E-state index in [0.717, 1.165) is 22.9 Å². The molecule has 0 N–H and O–H groups in total. The molecule has 0 bridgehead atoms. The van der Waals surface area contributed by atoms with Crippen molar-refractivity contribution in [3.63, 3.8) is 0 Å². The summed E-state index contributed by atoms with van der Waals surface area (Å²) in [6.45, 7) is 6.14. The first-order chi connectivity index (χ1) is 15.0. The predicted molar refractivity (Wildman–Crippen MR) is 119 cm³/mol. The van der Waals surface area contributed by atoms with E-state index in [4.69, 9.17) is 4.74 Å². The van der Waals surface area contributed by atoms with Crippen LogP contribution < -0.4 is 4.90 Å². The van der Waals surface area contributed by atoms with Crippen LogP contribution in [0.1, 0.15) is 21.7 Å². The van der Waals surface area contributed by atoms with E-state index in [1.165, 1.54) is 0 Å². The Balaban J connectivity index is 1.34. The van der Waals surface area contributed by atoms with Crippen LogP contribution in [0, 0.1) is 13.8 Å². The Labute approximate surface area is 181 Å². The largest absolute Gasteiger partial charge is 0.452 e. The molecule has 0 spiro atoms. The van der Waals surface area contributed by atoms with E-state index in [-0.39, 0.29) is 12.5 Å². The van der Waals surface area contributed by atoms with Gasteiger partial charge >= 0.3 is 5.97 Å². The molecule has 1 aliphatic heterocycles. The summed E-state index contributed by atoms with van der Waals surface area (Å²) in [6.07, 6.45) is 1.76. The highest BCUT2D eigenvalue weighted by Gasteiger charge is 2.24. The molecule has 7 heteroatoms. The molecule has 3 aromatic rings. The molecular weight excluding hydrogens is 392 g/mol. The van der Waals surface area contributed by atoms with Crippen LogP contribution in [0.15, 0.2) is 60.8 Å². The van der Waals surface area contributed by atoms with Crippen molar-refractivity contribution in [1.29, 1.82) is 0 Å². The zero-order chi connectivity index (χ0) is 21.8. The van der Waals surface area contributed by atoms with Gasteiger partial charge in [0.15, 0.2) is 6.61 Å². The number of carbonyl (C=O) groups excluding carboxylic acids is 2. The summed E-state index contributed by atoms with van der Waals surface area (Å²) in [5.74, 6) is 0.261. The highest BCUT2D eigenvalue weighted by atomic mass is 16.5. The summed E-state index contributed by atoms with van der Waals surface area (Å²) in [6, 6.07) is 17.5. The van der Waals surface area contributed by atoms with Crippen molar-refractivity contribution >= 4 is 17.7 Å². The standard InChI is InChI=1S/C24H26N4O3/c1-18-16-21(19(2)28(18)20-8-4-3-5-9-20)24(30)31-17-23(29)27-14-12-26(13-15-27)22-10-6-7-11-25-22/h3-11,16H,12-15,17H2,1-2H3. The molecule has 1 amide bonds. The van der Waals surface area contributed by atoms with Gasteiger partial charge < -0.3 is 19.1 Å². The van der Waals surface area contributed by atoms with Crippen LogP contribution in [-0.2, 0) is 9.53 Å². The van der Waals surface area contributed by atoms with Crippen LogP contribution in [0.4, 0.5) is 5.82 Å². The molecule has 0 aliphatic carbocycles. The molecule has 0 atom stereocenters. The molecule has 160 valence electrons. The first-order valence-electron chi connectivity index (χ1n) is 10.4. The molecule has 2 aromatic heterocycles. The van der Waals surface area contributed by atoms with Crippen LogP contribution in [0.3, 0.4) is 0 Å². The van der Waals surface area contributed by atoms with Gasteiger partial charge in [0.05, 0.1) is 5.56 Å². The Bertz CT molecular complexity index is 1060. The molecule has 0 radical (unpaired) electrons. The van der Waals surface area contributed by atoms with Crippen LogP contribution in [0.2, 0.25) is 0 Å². The fourth-order valence-corrected chi connectivity index (χ4v) is 3.97. The molecule has 1 aliphatic rings. The van der Waals surface area contributed by atoms with Gasteiger partial charge in [0.2, 0.25) is 0 Å². The van der Waals surface area contributed by atoms with Crippen LogP contribution in [-0.4, -0.2) is 59.1 Å². The lowest BCUT2D eigenvalue weighted by atomic mass is 10.2. The number of pyridine rings is 1. The van der Waals surface area contributed by atoms with E-state index in [1.807, 2.05) is 66.9 Å². The Kier molecular flexibility index (Phi) is 6.02. The average Bonchev–Trinajstić information content (AvgIpc) is 3.12. The summed E-state index contributed by atoms with van der Waals surface area (Å²) >= 11 is 0. The van der Waals surface area contributed by atoms with Gasteiger partial charge in [-0.2, -0.15) is 0 Å². The summed E-state index contributed by atoms with van der Waals surface area (Å²) < 4.78 is 7.38. The Morgan fingerprint density at radius 3 is 2.35 bits per heavy atom. The van der Waals surface area contributed by atoms with E-state index in [2.05, 4.69) is 9.88 Å². The van der Waals surface area contributed by atoms with Crippen molar-refractivity contribution in [1.82, 2.24) is 14.5 Å². The maximum absolute atomic E-state index is 12.7. The van der Waals surface area contributed by atoms with Crippen molar-refractivity contribution in [2.75, 3.05) is 37.7 Å². The predicted octanol–water partition coefficient (Wildman–Crippen LogP) is 2.99. The number of hydrogen-bond donors (Lipinski definition) is 0. The number of aromatic nitrogens is 2. The van der Waals surface area contributed by atoms with Gasteiger partial charge in [0.1, 0.15) is 5.82 Å². The number of esters is 1. The number of piperazine rings is 1. The van der Waals surface area contributed by atoms with Crippen molar-refractivity contribution in [3.05, 3.63) is 77.7 Å². The number of nitrogens with zero attached hydrogens (tertiary/aromatic N) is 4. The molecular formula is C24H26N4O3. The lowest BCUT2D eigenvalue weighted by Gasteiger charge is -2.35. The Morgan fingerprint density at radius 2 is 1.68 bits per heavy atom. The van der Waals surface area contributed by atoms with Crippen molar-refractivity contribution in [2.45, 2.75) is 13.8 Å². The van der Waals surface area contributed by atoms with E-state index < -0.39 is 5.97 Å². The van der Waals surface area contributed by atoms with Gasteiger partial charge in [-0.3, -0.25) is 4.79 Å². The number of carbonyl (C=O) groups is 2. The fourth-order valence-electron chi connectivity index (χ4n) is 3.97. The minimum Gasteiger partial charge on any atom is -0.452 e. The number of para-hydroxylation sites is 1. The minimum absolute atomic E-state index is 0.175. The number of amides is 1. The summed E-state index contributed by atoms with van der Waals surface area (Å²) in [7, 11) is 0. The number of aryl methyl sites for hydroxylation is 1. The smallest absolute Gasteiger partial charge is 0.340 e. The third-order valence-electron chi connectivity index (χ3n) is 5.60. The number of rotatable bonds is 5. The van der Waals surface area contributed by atoms with Crippen molar-refractivity contribution < 1.29 is 14.3 Å². The van der Waals surface area contributed by atoms with Crippen LogP contribution in [0.25, 0.3) is 5.69 Å². The molecule has 3 heterocycles. The zero-order valence-corrected chi connectivity index (χ0v) is 17.8. The SMILES string of the molecule is Cc1cc(C(=O)OCC(=O)N2CCN(c3ccccn3)CC2)c(C)n1-c1ccccc1. The monoisotopic (exact) mass is 418 g/mol. The molecule has 0 saturated carbocycles. The Morgan fingerprint density at radius 1 is 0.968 bits per heavy atom. The maximum atomic E-state index is 12.7. The summed E-state index contributed by atoms with van der Waals surface area (Å²) in [5, 5.41) is 0. The van der Waals surface area contributed by atoms with E-state index in [0.29, 0.717) is 31.7 Å². The fraction of sp³-hybridized carbons (Fsp3) is 0.292. The molecule has 7 nitrogen and oxygen atoms in total.